The molecule has 0 saturated carbocycles. The molecule has 1 atom stereocenters. The number of amides is 1. The van der Waals surface area contributed by atoms with Crippen molar-refractivity contribution in [3.05, 3.63) is 41.7 Å². The third-order valence-electron chi connectivity index (χ3n) is 3.35. The Labute approximate surface area is 132 Å². The van der Waals surface area contributed by atoms with Crippen LogP contribution >= 0.6 is 0 Å². The smallest absolute Gasteiger partial charge is 0.325 e. The number of nitrogens with one attached hydrogen (secondary N) is 1. The third-order valence-corrected chi connectivity index (χ3v) is 3.35. The molecule has 0 bridgehead atoms. The molecule has 0 saturated heterocycles. The second-order valence-electron chi connectivity index (χ2n) is 5.36. The van der Waals surface area contributed by atoms with Crippen molar-refractivity contribution in [2.45, 2.75) is 19.0 Å². The van der Waals surface area contributed by atoms with Gasteiger partial charge in [-0.3, -0.25) is 9.59 Å². The fraction of sp³-hybridized carbons (Fsp3) is 0.312. The van der Waals surface area contributed by atoms with Crippen LogP contribution in [0.5, 0.6) is 5.75 Å². The Bertz CT molecular complexity index is 695. The second kappa shape index (κ2) is 6.60. The fourth-order valence-corrected chi connectivity index (χ4v) is 2.17. The first-order valence-corrected chi connectivity index (χ1v) is 6.94. The Morgan fingerprint density at radius 1 is 1.52 bits per heavy atom. The lowest BCUT2D eigenvalue weighted by Gasteiger charge is -2.21. The molecule has 1 heterocycles. The van der Waals surface area contributed by atoms with Gasteiger partial charge in [0, 0.05) is 12.6 Å². The largest absolute Gasteiger partial charge is 0.505 e. The molecule has 1 unspecified atom stereocenters. The SMILES string of the molecule is COC(=O)CNC(=O)c1ncc(C2=CC=CC(C)(F)C2)cc1O. The molecule has 6 nitrogen and oxygen atoms in total. The van der Waals surface area contributed by atoms with Crippen molar-refractivity contribution >= 4 is 17.4 Å². The average Bonchev–Trinajstić information content (AvgIpc) is 2.51. The van der Waals surface area contributed by atoms with Crippen molar-refractivity contribution in [2.75, 3.05) is 13.7 Å². The minimum absolute atomic E-state index is 0.151. The Kier molecular flexibility index (Phi) is 4.78. The van der Waals surface area contributed by atoms with E-state index >= 15 is 0 Å². The van der Waals surface area contributed by atoms with Gasteiger partial charge in [-0.1, -0.05) is 12.2 Å². The van der Waals surface area contributed by atoms with Crippen LogP contribution in [0, 0.1) is 0 Å². The lowest BCUT2D eigenvalue weighted by Crippen LogP contribution is -2.30. The van der Waals surface area contributed by atoms with E-state index in [1.165, 1.54) is 32.4 Å². The van der Waals surface area contributed by atoms with E-state index in [0.29, 0.717) is 11.1 Å². The minimum Gasteiger partial charge on any atom is -0.505 e. The number of hydrogen-bond donors (Lipinski definition) is 2. The summed E-state index contributed by atoms with van der Waals surface area (Å²) in [4.78, 5) is 26.7. The molecule has 23 heavy (non-hydrogen) atoms. The van der Waals surface area contributed by atoms with Crippen molar-refractivity contribution in [3.63, 3.8) is 0 Å². The zero-order valence-electron chi connectivity index (χ0n) is 12.8. The van der Waals surface area contributed by atoms with E-state index < -0.39 is 17.5 Å². The minimum atomic E-state index is -1.46. The van der Waals surface area contributed by atoms with Crippen LogP contribution in [0.2, 0.25) is 0 Å². The van der Waals surface area contributed by atoms with Crippen LogP contribution in [-0.4, -0.2) is 41.3 Å². The molecule has 7 heteroatoms. The van der Waals surface area contributed by atoms with E-state index in [-0.39, 0.29) is 24.4 Å². The highest BCUT2D eigenvalue weighted by Crippen LogP contribution is 2.33. The number of halogens is 1. The zero-order chi connectivity index (χ0) is 17.0. The molecule has 1 aromatic heterocycles. The van der Waals surface area contributed by atoms with Crippen molar-refractivity contribution in [2.24, 2.45) is 0 Å². The van der Waals surface area contributed by atoms with Crippen LogP contribution in [0.15, 0.2) is 30.5 Å². The summed E-state index contributed by atoms with van der Waals surface area (Å²) >= 11 is 0. The fourth-order valence-electron chi connectivity index (χ4n) is 2.17. The number of pyridine rings is 1. The van der Waals surface area contributed by atoms with Gasteiger partial charge in [-0.25, -0.2) is 9.37 Å². The molecule has 1 aliphatic carbocycles. The third kappa shape index (κ3) is 4.15. The van der Waals surface area contributed by atoms with Crippen molar-refractivity contribution < 1.29 is 23.8 Å². The predicted molar refractivity (Wildman–Crippen MR) is 81.5 cm³/mol. The molecule has 1 aromatic rings. The highest BCUT2D eigenvalue weighted by atomic mass is 19.1. The van der Waals surface area contributed by atoms with Gasteiger partial charge >= 0.3 is 5.97 Å². The van der Waals surface area contributed by atoms with Gasteiger partial charge in [0.25, 0.3) is 5.91 Å². The van der Waals surface area contributed by atoms with Crippen LogP contribution in [0.3, 0.4) is 0 Å². The molecule has 1 aliphatic rings. The number of aromatic nitrogens is 1. The summed E-state index contributed by atoms with van der Waals surface area (Å²) < 4.78 is 18.4. The number of ether oxygens (including phenoxy) is 1. The first-order valence-electron chi connectivity index (χ1n) is 6.94. The molecule has 2 rings (SSSR count). The highest BCUT2D eigenvalue weighted by Gasteiger charge is 2.25. The molecule has 0 aliphatic heterocycles. The summed E-state index contributed by atoms with van der Waals surface area (Å²) in [7, 11) is 1.20. The Morgan fingerprint density at radius 2 is 2.26 bits per heavy atom. The van der Waals surface area contributed by atoms with E-state index in [9.17, 15) is 19.1 Å². The number of carbonyl (C=O) groups excluding carboxylic acids is 2. The zero-order valence-corrected chi connectivity index (χ0v) is 12.8. The monoisotopic (exact) mass is 320 g/mol. The molecule has 0 spiro atoms. The van der Waals surface area contributed by atoms with Gasteiger partial charge in [0.2, 0.25) is 0 Å². The maximum absolute atomic E-state index is 14.0. The van der Waals surface area contributed by atoms with E-state index in [1.54, 1.807) is 12.2 Å². The van der Waals surface area contributed by atoms with E-state index in [0.717, 1.165) is 0 Å². The standard InChI is InChI=1S/C16H17FN2O4/c1-16(17)5-3-4-10(7-16)11-6-12(20)14(18-8-11)15(22)19-9-13(21)23-2/h3-6,8,20H,7,9H2,1-2H3,(H,19,22). The second-order valence-corrected chi connectivity index (χ2v) is 5.36. The number of nitrogens with zero attached hydrogens (tertiary/aromatic N) is 1. The first kappa shape index (κ1) is 16.7. The quantitative estimate of drug-likeness (QED) is 0.825. The number of allylic oxidation sites excluding steroid dienone is 4. The van der Waals surface area contributed by atoms with Crippen LogP contribution in [0.4, 0.5) is 4.39 Å². The molecule has 0 aromatic carbocycles. The molecule has 0 radical (unpaired) electrons. The number of carbonyl (C=O) groups is 2. The van der Waals surface area contributed by atoms with E-state index in [2.05, 4.69) is 15.0 Å². The molecule has 122 valence electrons. The average molecular weight is 320 g/mol. The van der Waals surface area contributed by atoms with Crippen molar-refractivity contribution in [1.29, 1.82) is 0 Å². The molecule has 0 fully saturated rings. The Morgan fingerprint density at radius 3 is 2.87 bits per heavy atom. The molecule has 2 N–H and O–H groups in total. The van der Waals surface area contributed by atoms with E-state index in [1.807, 2.05) is 0 Å². The number of esters is 1. The van der Waals surface area contributed by atoms with Crippen molar-refractivity contribution in [3.8, 4) is 5.75 Å². The van der Waals surface area contributed by atoms with Crippen LogP contribution in [0.25, 0.3) is 5.57 Å². The summed E-state index contributed by atoms with van der Waals surface area (Å²) in [5.41, 5.74) is -0.481. The lowest BCUT2D eigenvalue weighted by atomic mass is 9.89. The lowest BCUT2D eigenvalue weighted by molar-refractivity contribution is -0.139. The highest BCUT2D eigenvalue weighted by molar-refractivity contribution is 5.96. The van der Waals surface area contributed by atoms with Crippen LogP contribution in [-0.2, 0) is 9.53 Å². The normalized spacial score (nSPS) is 19.9. The number of aromatic hydroxyl groups is 1. The number of alkyl halides is 1. The number of methoxy groups -OCH3 is 1. The topological polar surface area (TPSA) is 88.5 Å². The summed E-state index contributed by atoms with van der Waals surface area (Å²) in [6, 6.07) is 1.35. The summed E-state index contributed by atoms with van der Waals surface area (Å²) in [5, 5.41) is 12.2. The van der Waals surface area contributed by atoms with Gasteiger partial charge in [0.15, 0.2) is 5.69 Å². The van der Waals surface area contributed by atoms with Crippen LogP contribution < -0.4 is 5.32 Å². The first-order chi connectivity index (χ1) is 10.8. The number of rotatable bonds is 4. The molecular weight excluding hydrogens is 303 g/mol. The van der Waals surface area contributed by atoms with Gasteiger partial charge in [-0.05, 0) is 30.2 Å². The van der Waals surface area contributed by atoms with Gasteiger partial charge < -0.3 is 15.2 Å². The van der Waals surface area contributed by atoms with Gasteiger partial charge in [0.05, 0.1) is 7.11 Å². The Hall–Kier alpha value is -2.70. The summed E-state index contributed by atoms with van der Waals surface area (Å²) in [6.07, 6.45) is 6.33. The van der Waals surface area contributed by atoms with Gasteiger partial charge in [-0.15, -0.1) is 0 Å². The van der Waals surface area contributed by atoms with Crippen LogP contribution in [0.1, 0.15) is 29.4 Å². The Balaban J connectivity index is 2.15. The van der Waals surface area contributed by atoms with Crippen molar-refractivity contribution in [1.82, 2.24) is 10.3 Å². The molecule has 1 amide bonds. The maximum Gasteiger partial charge on any atom is 0.325 e. The summed E-state index contributed by atoms with van der Waals surface area (Å²) in [5.74, 6) is -1.66. The molecular formula is C16H17FN2O4. The number of hydrogen-bond acceptors (Lipinski definition) is 5. The van der Waals surface area contributed by atoms with Gasteiger partial charge in [-0.2, -0.15) is 0 Å². The summed E-state index contributed by atoms with van der Waals surface area (Å²) in [6.45, 7) is 1.13. The maximum atomic E-state index is 14.0. The predicted octanol–water partition coefficient (Wildman–Crippen LogP) is 1.76. The van der Waals surface area contributed by atoms with E-state index in [4.69, 9.17) is 0 Å². The van der Waals surface area contributed by atoms with Gasteiger partial charge in [0.1, 0.15) is 18.0 Å².